The van der Waals surface area contributed by atoms with Crippen molar-refractivity contribution >= 4 is 11.0 Å². The van der Waals surface area contributed by atoms with E-state index >= 15 is 0 Å². The Labute approximate surface area is 107 Å². The summed E-state index contributed by atoms with van der Waals surface area (Å²) in [6.45, 7) is 6.36. The predicted molar refractivity (Wildman–Crippen MR) is 72.2 cm³/mol. The van der Waals surface area contributed by atoms with Crippen molar-refractivity contribution in [3.05, 3.63) is 29.8 Å². The number of fused-ring (bicyclic) bond motifs is 1. The maximum absolute atomic E-state index is 13.3. The highest BCUT2D eigenvalue weighted by Gasteiger charge is 2.19. The number of aromatic nitrogens is 2. The Kier molecular flexibility index (Phi) is 3.66. The van der Waals surface area contributed by atoms with E-state index in [0.717, 1.165) is 23.3 Å². The molecule has 1 aromatic carbocycles. The van der Waals surface area contributed by atoms with E-state index in [9.17, 15) is 4.39 Å². The largest absolute Gasteiger partial charge is 0.324 e. The van der Waals surface area contributed by atoms with Crippen molar-refractivity contribution in [2.45, 2.75) is 39.3 Å². The molecule has 2 aromatic rings. The molecule has 0 aliphatic rings. The van der Waals surface area contributed by atoms with Gasteiger partial charge in [0.15, 0.2) is 0 Å². The molecule has 1 N–H and O–H groups in total. The third kappa shape index (κ3) is 2.12. The molecule has 0 spiro atoms. The maximum Gasteiger partial charge on any atom is 0.127 e. The molecule has 0 amide bonds. The van der Waals surface area contributed by atoms with Gasteiger partial charge in [0.2, 0.25) is 0 Å². The molecule has 1 heterocycles. The summed E-state index contributed by atoms with van der Waals surface area (Å²) in [7, 11) is 1.93. The minimum Gasteiger partial charge on any atom is -0.324 e. The van der Waals surface area contributed by atoms with Gasteiger partial charge in [0.25, 0.3) is 0 Å². The van der Waals surface area contributed by atoms with Crippen LogP contribution in [-0.2, 0) is 0 Å². The fourth-order valence-electron chi connectivity index (χ4n) is 2.39. The molecule has 98 valence electrons. The second-order valence-electron chi connectivity index (χ2n) is 4.82. The first-order valence-corrected chi connectivity index (χ1v) is 6.43. The summed E-state index contributed by atoms with van der Waals surface area (Å²) in [5, 5.41) is 3.26. The summed E-state index contributed by atoms with van der Waals surface area (Å²) in [6, 6.07) is 5.30. The fourth-order valence-corrected chi connectivity index (χ4v) is 2.39. The Morgan fingerprint density at radius 1 is 1.39 bits per heavy atom. The Hall–Kier alpha value is -1.42. The van der Waals surface area contributed by atoms with Gasteiger partial charge >= 0.3 is 0 Å². The van der Waals surface area contributed by atoms with Gasteiger partial charge < -0.3 is 9.88 Å². The smallest absolute Gasteiger partial charge is 0.127 e. The van der Waals surface area contributed by atoms with Crippen LogP contribution in [0.5, 0.6) is 0 Å². The van der Waals surface area contributed by atoms with Gasteiger partial charge in [-0.2, -0.15) is 0 Å². The number of hydrogen-bond donors (Lipinski definition) is 1. The van der Waals surface area contributed by atoms with Crippen LogP contribution in [0.4, 0.5) is 4.39 Å². The van der Waals surface area contributed by atoms with E-state index in [-0.39, 0.29) is 11.9 Å². The van der Waals surface area contributed by atoms with Crippen LogP contribution in [0.1, 0.15) is 45.1 Å². The highest BCUT2D eigenvalue weighted by molar-refractivity contribution is 5.76. The van der Waals surface area contributed by atoms with Gasteiger partial charge in [-0.3, -0.25) is 0 Å². The highest BCUT2D eigenvalue weighted by atomic mass is 19.1. The van der Waals surface area contributed by atoms with Crippen molar-refractivity contribution < 1.29 is 4.39 Å². The second-order valence-corrected chi connectivity index (χ2v) is 4.82. The normalized spacial score (nSPS) is 13.4. The van der Waals surface area contributed by atoms with Crippen LogP contribution in [0.3, 0.4) is 0 Å². The quantitative estimate of drug-likeness (QED) is 0.899. The molecule has 0 aliphatic carbocycles. The number of hydrogen-bond acceptors (Lipinski definition) is 2. The van der Waals surface area contributed by atoms with Crippen LogP contribution in [0.2, 0.25) is 0 Å². The molecule has 4 heteroatoms. The van der Waals surface area contributed by atoms with Gasteiger partial charge in [0.1, 0.15) is 11.6 Å². The summed E-state index contributed by atoms with van der Waals surface area (Å²) in [6.07, 6.45) is 0.953. The molecule has 1 aromatic heterocycles. The second kappa shape index (κ2) is 5.06. The molecular weight excluding hydrogens is 229 g/mol. The molecule has 0 fully saturated rings. The minimum atomic E-state index is -0.236. The van der Waals surface area contributed by atoms with Crippen molar-refractivity contribution in [1.82, 2.24) is 14.9 Å². The number of imidazole rings is 1. The van der Waals surface area contributed by atoms with E-state index < -0.39 is 0 Å². The molecule has 1 unspecified atom stereocenters. The van der Waals surface area contributed by atoms with Crippen LogP contribution in [0, 0.1) is 5.82 Å². The molecule has 18 heavy (non-hydrogen) atoms. The number of rotatable bonds is 4. The molecule has 0 bridgehead atoms. The van der Waals surface area contributed by atoms with Gasteiger partial charge in [0, 0.05) is 12.1 Å². The van der Waals surface area contributed by atoms with E-state index in [1.807, 2.05) is 13.1 Å². The van der Waals surface area contributed by atoms with Gasteiger partial charge in [-0.05, 0) is 39.4 Å². The lowest BCUT2D eigenvalue weighted by atomic mass is 10.2. The molecule has 0 aliphatic heterocycles. The molecule has 0 saturated heterocycles. The van der Waals surface area contributed by atoms with E-state index in [1.165, 1.54) is 12.1 Å². The Morgan fingerprint density at radius 3 is 2.67 bits per heavy atom. The third-order valence-electron chi connectivity index (χ3n) is 3.26. The molecule has 3 nitrogen and oxygen atoms in total. The van der Waals surface area contributed by atoms with Gasteiger partial charge in [-0.25, -0.2) is 9.37 Å². The number of nitrogens with one attached hydrogen (secondary N) is 1. The molecular formula is C14H20FN3. The average molecular weight is 249 g/mol. The predicted octanol–water partition coefficient (Wildman–Crippen LogP) is 3.43. The van der Waals surface area contributed by atoms with Gasteiger partial charge in [-0.15, -0.1) is 0 Å². The molecule has 2 rings (SSSR count). The van der Waals surface area contributed by atoms with Gasteiger partial charge in [-0.1, -0.05) is 6.92 Å². The standard InChI is InChI=1S/C14H20FN3/c1-5-11(16-4)14-17-12-8-10(15)6-7-13(12)18(14)9(2)3/h6-9,11,16H,5H2,1-4H3. The number of nitrogens with zero attached hydrogens (tertiary/aromatic N) is 2. The van der Waals surface area contributed by atoms with Crippen molar-refractivity contribution in [2.24, 2.45) is 0 Å². The van der Waals surface area contributed by atoms with Crippen LogP contribution in [0.25, 0.3) is 11.0 Å². The average Bonchev–Trinajstić information content (AvgIpc) is 2.68. The lowest BCUT2D eigenvalue weighted by Crippen LogP contribution is -2.21. The van der Waals surface area contributed by atoms with Crippen molar-refractivity contribution in [1.29, 1.82) is 0 Å². The van der Waals surface area contributed by atoms with Crippen molar-refractivity contribution in [3.63, 3.8) is 0 Å². The molecule has 0 saturated carbocycles. The summed E-state index contributed by atoms with van der Waals surface area (Å²) in [5.74, 6) is 0.746. The van der Waals surface area contributed by atoms with E-state index in [4.69, 9.17) is 0 Å². The summed E-state index contributed by atoms with van der Waals surface area (Å²) in [4.78, 5) is 4.60. The van der Waals surface area contributed by atoms with Crippen LogP contribution >= 0.6 is 0 Å². The summed E-state index contributed by atoms with van der Waals surface area (Å²) >= 11 is 0. The number of benzene rings is 1. The summed E-state index contributed by atoms with van der Waals surface area (Å²) in [5.41, 5.74) is 1.72. The first-order valence-electron chi connectivity index (χ1n) is 6.43. The van der Waals surface area contributed by atoms with Crippen LogP contribution < -0.4 is 5.32 Å². The summed E-state index contributed by atoms with van der Waals surface area (Å²) < 4.78 is 15.5. The minimum absolute atomic E-state index is 0.197. The SMILES string of the molecule is CCC(NC)c1nc2cc(F)ccc2n1C(C)C. The zero-order chi connectivity index (χ0) is 13.3. The monoisotopic (exact) mass is 249 g/mol. The van der Waals surface area contributed by atoms with Crippen molar-refractivity contribution in [3.8, 4) is 0 Å². The van der Waals surface area contributed by atoms with E-state index in [2.05, 4.69) is 35.6 Å². The van der Waals surface area contributed by atoms with E-state index in [1.54, 1.807) is 0 Å². The zero-order valence-corrected chi connectivity index (χ0v) is 11.4. The molecule has 0 radical (unpaired) electrons. The highest BCUT2D eigenvalue weighted by Crippen LogP contribution is 2.26. The van der Waals surface area contributed by atoms with Crippen LogP contribution in [0.15, 0.2) is 18.2 Å². The Bertz CT molecular complexity index is 541. The first kappa shape index (κ1) is 13.0. The van der Waals surface area contributed by atoms with Crippen molar-refractivity contribution in [2.75, 3.05) is 7.05 Å². The topological polar surface area (TPSA) is 29.9 Å². The lowest BCUT2D eigenvalue weighted by Gasteiger charge is -2.19. The Balaban J connectivity index is 2.68. The first-order chi connectivity index (χ1) is 8.58. The number of halogens is 1. The third-order valence-corrected chi connectivity index (χ3v) is 3.26. The lowest BCUT2D eigenvalue weighted by molar-refractivity contribution is 0.486. The fraction of sp³-hybridized carbons (Fsp3) is 0.500. The molecule has 1 atom stereocenters. The van der Waals surface area contributed by atoms with Crippen LogP contribution in [-0.4, -0.2) is 16.6 Å². The Morgan fingerprint density at radius 2 is 2.11 bits per heavy atom. The van der Waals surface area contributed by atoms with E-state index in [0.29, 0.717) is 6.04 Å². The zero-order valence-electron chi connectivity index (χ0n) is 11.4. The van der Waals surface area contributed by atoms with Gasteiger partial charge in [0.05, 0.1) is 17.1 Å². The maximum atomic E-state index is 13.3.